The number of aromatic amines is 2. The van der Waals surface area contributed by atoms with Crippen LogP contribution in [0.5, 0.6) is 0 Å². The molecular formula is C41H50N8O7S. The molecule has 15 nitrogen and oxygen atoms in total. The maximum Gasteiger partial charge on any atom is 0.407 e. The van der Waals surface area contributed by atoms with Gasteiger partial charge in [0, 0.05) is 23.5 Å². The predicted molar refractivity (Wildman–Crippen MR) is 213 cm³/mol. The Bertz CT molecular complexity index is 2200. The number of carbonyl (C=O) groups is 4. The summed E-state index contributed by atoms with van der Waals surface area (Å²) in [6, 6.07) is 10.1. The Balaban J connectivity index is 1.08. The highest BCUT2D eigenvalue weighted by molar-refractivity contribution is 7.84. The molecule has 7 rings (SSSR count). The molecule has 2 aromatic heterocycles. The largest absolute Gasteiger partial charge is 0.453 e. The lowest BCUT2D eigenvalue weighted by Crippen LogP contribution is -2.51. The molecule has 0 radical (unpaired) electrons. The number of H-pyrrole nitrogens is 2. The van der Waals surface area contributed by atoms with Gasteiger partial charge in [-0.3, -0.25) is 13.8 Å². The van der Waals surface area contributed by atoms with Crippen LogP contribution in [0.25, 0.3) is 33.6 Å². The summed E-state index contributed by atoms with van der Waals surface area (Å²) in [6.45, 7) is 8.67. The van der Waals surface area contributed by atoms with E-state index < -0.39 is 35.1 Å². The monoisotopic (exact) mass is 798 g/mol. The number of fused-ring (bicyclic) bond motifs is 3. The molecule has 0 bridgehead atoms. The number of alkyl carbamates (subject to hydrolysis) is 2. The maximum atomic E-state index is 13.8. The van der Waals surface area contributed by atoms with Crippen LogP contribution in [0.2, 0.25) is 0 Å². The van der Waals surface area contributed by atoms with Gasteiger partial charge in [-0.2, -0.15) is 0 Å². The molecule has 3 aliphatic rings. The Morgan fingerprint density at radius 3 is 1.68 bits per heavy atom. The lowest BCUT2D eigenvalue weighted by Gasteiger charge is -2.30. The highest BCUT2D eigenvalue weighted by Gasteiger charge is 2.39. The molecule has 16 heteroatoms. The average Bonchev–Trinajstić information content (AvgIpc) is 4.04. The van der Waals surface area contributed by atoms with E-state index in [2.05, 4.69) is 36.6 Å². The summed E-state index contributed by atoms with van der Waals surface area (Å²) in [6.07, 6.45) is 5.35. The average molecular weight is 799 g/mol. The molecule has 0 saturated carbocycles. The SMILES string of the molecule is COC(=O)N[C@H](C(=O)N1CCC[C@H]1c1ncc(-c2ccc3c(c2)CS(=O)c2cc(-c4cnc([C@@H]5CCCN5C(=O)[C@@H](NC(=O)OC)C(C)C)[nH]4)ccc2-3)[nH]1)C(C)C. The van der Waals surface area contributed by atoms with Gasteiger partial charge in [0.2, 0.25) is 11.8 Å². The number of nitrogens with one attached hydrogen (secondary N) is 4. The summed E-state index contributed by atoms with van der Waals surface area (Å²) >= 11 is 0. The molecule has 2 aromatic carbocycles. The zero-order valence-corrected chi connectivity index (χ0v) is 33.9. The predicted octanol–water partition coefficient (Wildman–Crippen LogP) is 5.84. The molecular weight excluding hydrogens is 749 g/mol. The number of carbonyl (C=O) groups excluding carboxylic acids is 4. The highest BCUT2D eigenvalue weighted by atomic mass is 32.2. The number of benzene rings is 2. The smallest absolute Gasteiger partial charge is 0.407 e. The molecule has 0 aliphatic carbocycles. The van der Waals surface area contributed by atoms with Crippen molar-refractivity contribution in [3.8, 4) is 33.6 Å². The minimum atomic E-state index is -1.31. The third-order valence-electron chi connectivity index (χ3n) is 11.2. The Hall–Kier alpha value is -5.51. The van der Waals surface area contributed by atoms with Gasteiger partial charge >= 0.3 is 12.2 Å². The second kappa shape index (κ2) is 16.5. The first kappa shape index (κ1) is 39.7. The van der Waals surface area contributed by atoms with Crippen LogP contribution in [0.3, 0.4) is 0 Å². The number of ether oxygens (including phenoxy) is 2. The first-order valence-electron chi connectivity index (χ1n) is 19.4. The van der Waals surface area contributed by atoms with E-state index >= 15 is 0 Å². The van der Waals surface area contributed by atoms with Gasteiger partial charge < -0.3 is 39.9 Å². The minimum Gasteiger partial charge on any atom is -0.453 e. The van der Waals surface area contributed by atoms with E-state index in [0.717, 1.165) is 69.8 Å². The number of aromatic nitrogens is 4. The fraction of sp³-hybridized carbons (Fsp3) is 0.463. The summed E-state index contributed by atoms with van der Waals surface area (Å²) in [7, 11) is 1.25. The van der Waals surface area contributed by atoms with Gasteiger partial charge in [0.25, 0.3) is 0 Å². The lowest BCUT2D eigenvalue weighted by molar-refractivity contribution is -0.136. The van der Waals surface area contributed by atoms with E-state index in [1.54, 1.807) is 22.2 Å². The number of amides is 4. The van der Waals surface area contributed by atoms with E-state index in [0.29, 0.717) is 30.5 Å². The van der Waals surface area contributed by atoms with E-state index in [1.807, 2.05) is 58.0 Å². The molecule has 4 aromatic rings. The van der Waals surface area contributed by atoms with Crippen molar-refractivity contribution in [2.45, 2.75) is 88.2 Å². The number of methoxy groups -OCH3 is 2. The molecule has 2 saturated heterocycles. The van der Waals surface area contributed by atoms with Crippen molar-refractivity contribution in [3.05, 3.63) is 66.0 Å². The summed E-state index contributed by atoms with van der Waals surface area (Å²) < 4.78 is 23.3. The minimum absolute atomic E-state index is 0.129. The van der Waals surface area contributed by atoms with E-state index in [-0.39, 0.29) is 35.7 Å². The van der Waals surface area contributed by atoms with Crippen LogP contribution in [0.4, 0.5) is 9.59 Å². The molecule has 302 valence electrons. The number of hydrogen-bond donors (Lipinski definition) is 4. The molecule has 4 amide bonds. The van der Waals surface area contributed by atoms with Gasteiger partial charge in [0.1, 0.15) is 23.7 Å². The van der Waals surface area contributed by atoms with Crippen LogP contribution in [-0.2, 0) is 35.6 Å². The van der Waals surface area contributed by atoms with Gasteiger partial charge in [-0.25, -0.2) is 19.6 Å². The van der Waals surface area contributed by atoms with Crippen molar-refractivity contribution in [3.63, 3.8) is 0 Å². The van der Waals surface area contributed by atoms with E-state index in [4.69, 9.17) is 9.47 Å². The fourth-order valence-electron chi connectivity index (χ4n) is 8.15. The summed E-state index contributed by atoms with van der Waals surface area (Å²) in [5, 5.41) is 5.37. The molecule has 2 fully saturated rings. The van der Waals surface area contributed by atoms with Crippen LogP contribution in [-0.4, -0.2) is 97.3 Å². The van der Waals surface area contributed by atoms with E-state index in [9.17, 15) is 23.4 Å². The van der Waals surface area contributed by atoms with Gasteiger partial charge in [-0.1, -0.05) is 52.0 Å². The van der Waals surface area contributed by atoms with Crippen LogP contribution in [0, 0.1) is 11.8 Å². The van der Waals surface area contributed by atoms with Crippen molar-refractivity contribution in [2.75, 3.05) is 27.3 Å². The Kier molecular flexibility index (Phi) is 11.5. The number of hydrogen-bond acceptors (Lipinski definition) is 9. The van der Waals surface area contributed by atoms with Crippen LogP contribution >= 0.6 is 0 Å². The highest BCUT2D eigenvalue weighted by Crippen LogP contribution is 2.41. The van der Waals surface area contributed by atoms with Gasteiger partial charge in [0.15, 0.2) is 0 Å². The fourth-order valence-corrected chi connectivity index (χ4v) is 9.51. The van der Waals surface area contributed by atoms with Crippen molar-refractivity contribution >= 4 is 34.8 Å². The van der Waals surface area contributed by atoms with Gasteiger partial charge in [0.05, 0.1) is 66.6 Å². The van der Waals surface area contributed by atoms with Crippen molar-refractivity contribution in [1.82, 2.24) is 40.4 Å². The van der Waals surface area contributed by atoms with Gasteiger partial charge in [-0.05, 0) is 71.9 Å². The summed E-state index contributed by atoms with van der Waals surface area (Å²) in [4.78, 5) is 71.7. The quantitative estimate of drug-likeness (QED) is 0.153. The lowest BCUT2D eigenvalue weighted by atomic mass is 9.96. The number of likely N-dealkylation sites (tertiary alicyclic amines) is 2. The first-order valence-corrected chi connectivity index (χ1v) is 20.8. The van der Waals surface area contributed by atoms with Crippen molar-refractivity contribution in [2.24, 2.45) is 11.8 Å². The second-order valence-electron chi connectivity index (χ2n) is 15.5. The summed E-state index contributed by atoms with van der Waals surface area (Å²) in [5.41, 5.74) is 6.17. The van der Waals surface area contributed by atoms with E-state index in [1.165, 1.54) is 14.2 Å². The number of imidazole rings is 2. The molecule has 5 heterocycles. The van der Waals surface area contributed by atoms with Crippen LogP contribution < -0.4 is 10.6 Å². The van der Waals surface area contributed by atoms with Crippen molar-refractivity contribution in [1.29, 1.82) is 0 Å². The molecule has 3 aliphatic heterocycles. The summed E-state index contributed by atoms with van der Waals surface area (Å²) in [5.74, 6) is 1.09. The molecule has 1 unspecified atom stereocenters. The zero-order chi connectivity index (χ0) is 40.5. The standard InChI is InChI=1S/C41H50N8O7S/c1-22(2)34(46-40(52)55-5)38(50)48-15-7-9-31(48)36-42-19-29(44-36)24-11-13-27-26(17-24)21-57(54)33-18-25(12-14-28(27)33)30-20-43-37(45-30)32-10-8-16-49(32)39(51)35(23(3)4)47-41(53)56-6/h11-14,17-20,22-23,31-32,34-35H,7-10,15-16,21H2,1-6H3,(H,42,44)(H,43,45)(H,46,52)(H,47,53)/t31-,32-,34-,35-,57?/m0/s1. The molecule has 57 heavy (non-hydrogen) atoms. The van der Waals surface area contributed by atoms with Crippen LogP contribution in [0.1, 0.15) is 82.7 Å². The van der Waals surface area contributed by atoms with Gasteiger partial charge in [-0.15, -0.1) is 0 Å². The van der Waals surface area contributed by atoms with Crippen molar-refractivity contribution < 1.29 is 32.9 Å². The third-order valence-corrected chi connectivity index (χ3v) is 12.6. The maximum absolute atomic E-state index is 13.8. The third kappa shape index (κ3) is 7.91. The Morgan fingerprint density at radius 1 is 0.737 bits per heavy atom. The number of nitrogens with zero attached hydrogens (tertiary/aromatic N) is 4. The zero-order valence-electron chi connectivity index (χ0n) is 33.1. The second-order valence-corrected chi connectivity index (χ2v) is 17.0. The topological polar surface area (TPSA) is 192 Å². The number of rotatable bonds is 10. The first-order chi connectivity index (χ1) is 27.4. The molecule has 5 atom stereocenters. The molecule has 4 N–H and O–H groups in total. The Morgan fingerprint density at radius 2 is 1.21 bits per heavy atom. The Labute approximate surface area is 334 Å². The van der Waals surface area contributed by atoms with Crippen LogP contribution in [0.15, 0.2) is 53.7 Å². The normalized spacial score (nSPS) is 19.9. The molecule has 0 spiro atoms.